The summed E-state index contributed by atoms with van der Waals surface area (Å²) >= 11 is 11.8. The first-order valence-corrected chi connectivity index (χ1v) is 5.23. The molecule has 0 saturated heterocycles. The smallest absolute Gasteiger partial charge is 0.318 e. The number of rotatable bonds is 2. The molecule has 1 atom stereocenters. The predicted octanol–water partition coefficient (Wildman–Crippen LogP) is 3.22. The molecular formula is C11H8Cl2O2. The molecule has 1 aliphatic heterocycles. The van der Waals surface area contributed by atoms with Crippen molar-refractivity contribution in [3.63, 3.8) is 0 Å². The highest BCUT2D eigenvalue weighted by Crippen LogP contribution is 2.25. The summed E-state index contributed by atoms with van der Waals surface area (Å²) in [6.45, 7) is 0. The van der Waals surface area contributed by atoms with Gasteiger partial charge in [0, 0.05) is 10.0 Å². The van der Waals surface area contributed by atoms with E-state index in [1.54, 1.807) is 18.2 Å². The van der Waals surface area contributed by atoms with Crippen LogP contribution >= 0.6 is 23.2 Å². The van der Waals surface area contributed by atoms with Gasteiger partial charge in [0.25, 0.3) is 0 Å². The SMILES string of the molecule is O=C1OC=CC1Cc1ccc(Cl)cc1Cl. The Hall–Kier alpha value is -0.990. The lowest BCUT2D eigenvalue weighted by atomic mass is 10.0. The highest BCUT2D eigenvalue weighted by molar-refractivity contribution is 6.35. The van der Waals surface area contributed by atoms with E-state index in [1.807, 2.05) is 6.07 Å². The number of carbonyl (C=O) groups excluding carboxylic acids is 1. The van der Waals surface area contributed by atoms with Crippen molar-refractivity contribution in [2.45, 2.75) is 6.42 Å². The molecule has 0 fully saturated rings. The first-order valence-electron chi connectivity index (χ1n) is 4.48. The van der Waals surface area contributed by atoms with Gasteiger partial charge in [0.1, 0.15) is 0 Å². The van der Waals surface area contributed by atoms with Crippen molar-refractivity contribution in [2.24, 2.45) is 5.92 Å². The van der Waals surface area contributed by atoms with Crippen molar-refractivity contribution in [1.29, 1.82) is 0 Å². The number of benzene rings is 1. The van der Waals surface area contributed by atoms with E-state index >= 15 is 0 Å². The molecule has 0 saturated carbocycles. The minimum absolute atomic E-state index is 0.233. The first-order chi connectivity index (χ1) is 7.16. The van der Waals surface area contributed by atoms with E-state index in [2.05, 4.69) is 0 Å². The van der Waals surface area contributed by atoms with Gasteiger partial charge in [-0.25, -0.2) is 0 Å². The quantitative estimate of drug-likeness (QED) is 0.745. The third-order valence-corrected chi connectivity index (χ3v) is 2.84. The van der Waals surface area contributed by atoms with Crippen molar-refractivity contribution in [1.82, 2.24) is 0 Å². The average Bonchev–Trinajstić information content (AvgIpc) is 2.57. The van der Waals surface area contributed by atoms with Crippen molar-refractivity contribution >= 4 is 29.2 Å². The van der Waals surface area contributed by atoms with E-state index in [0.29, 0.717) is 16.5 Å². The Morgan fingerprint density at radius 3 is 2.73 bits per heavy atom. The van der Waals surface area contributed by atoms with Crippen LogP contribution in [-0.4, -0.2) is 5.97 Å². The van der Waals surface area contributed by atoms with E-state index in [-0.39, 0.29) is 11.9 Å². The number of ether oxygens (including phenoxy) is 1. The van der Waals surface area contributed by atoms with Gasteiger partial charge >= 0.3 is 5.97 Å². The minimum Gasteiger partial charge on any atom is -0.434 e. The van der Waals surface area contributed by atoms with Crippen molar-refractivity contribution < 1.29 is 9.53 Å². The molecule has 1 aromatic carbocycles. The molecule has 0 radical (unpaired) electrons. The molecule has 1 heterocycles. The van der Waals surface area contributed by atoms with Crippen LogP contribution in [0, 0.1) is 5.92 Å². The summed E-state index contributed by atoms with van der Waals surface area (Å²) in [7, 11) is 0. The summed E-state index contributed by atoms with van der Waals surface area (Å²) < 4.78 is 4.71. The van der Waals surface area contributed by atoms with Gasteiger partial charge in [-0.2, -0.15) is 0 Å². The van der Waals surface area contributed by atoms with Gasteiger partial charge in [-0.3, -0.25) is 4.79 Å². The summed E-state index contributed by atoms with van der Waals surface area (Å²) in [6.07, 6.45) is 3.69. The highest BCUT2D eigenvalue weighted by atomic mass is 35.5. The third kappa shape index (κ3) is 2.33. The first kappa shape index (κ1) is 10.5. The average molecular weight is 243 g/mol. The predicted molar refractivity (Wildman–Crippen MR) is 58.9 cm³/mol. The minimum atomic E-state index is -0.235. The molecule has 78 valence electrons. The second kappa shape index (κ2) is 4.25. The normalized spacial score (nSPS) is 19.3. The van der Waals surface area contributed by atoms with Crippen molar-refractivity contribution in [2.75, 3.05) is 0 Å². The van der Waals surface area contributed by atoms with Gasteiger partial charge in [0.05, 0.1) is 12.2 Å². The molecule has 15 heavy (non-hydrogen) atoms. The zero-order valence-corrected chi connectivity index (χ0v) is 9.26. The number of cyclic esters (lactones) is 1. The summed E-state index contributed by atoms with van der Waals surface area (Å²) in [5.74, 6) is -0.468. The van der Waals surface area contributed by atoms with E-state index in [9.17, 15) is 4.79 Å². The van der Waals surface area contributed by atoms with Gasteiger partial charge < -0.3 is 4.74 Å². The maximum atomic E-state index is 11.2. The molecule has 0 N–H and O–H groups in total. The van der Waals surface area contributed by atoms with E-state index < -0.39 is 0 Å². The van der Waals surface area contributed by atoms with Crippen molar-refractivity contribution in [3.8, 4) is 0 Å². The molecule has 1 aromatic rings. The van der Waals surface area contributed by atoms with E-state index in [4.69, 9.17) is 27.9 Å². The number of esters is 1. The molecule has 2 nitrogen and oxygen atoms in total. The van der Waals surface area contributed by atoms with Crippen LogP contribution in [0.1, 0.15) is 5.56 Å². The van der Waals surface area contributed by atoms with E-state index in [0.717, 1.165) is 5.56 Å². The molecule has 0 spiro atoms. The Labute approximate surface area is 97.4 Å². The van der Waals surface area contributed by atoms with Crippen LogP contribution in [0.4, 0.5) is 0 Å². The lowest BCUT2D eigenvalue weighted by Crippen LogP contribution is -2.11. The Balaban J connectivity index is 2.17. The Bertz CT molecular complexity index is 427. The van der Waals surface area contributed by atoms with Crippen LogP contribution in [0.2, 0.25) is 10.0 Å². The molecule has 0 amide bonds. The lowest BCUT2D eigenvalue weighted by molar-refractivity contribution is -0.138. The molecule has 1 aliphatic rings. The van der Waals surface area contributed by atoms with Gasteiger partial charge in [-0.1, -0.05) is 29.3 Å². The van der Waals surface area contributed by atoms with Crippen LogP contribution in [0.15, 0.2) is 30.5 Å². The Morgan fingerprint density at radius 1 is 1.33 bits per heavy atom. The number of hydrogen-bond donors (Lipinski definition) is 0. The standard InChI is InChI=1S/C11H8Cl2O2/c12-9-2-1-7(10(13)6-9)5-8-3-4-15-11(8)14/h1-4,6,8H,5H2. The summed E-state index contributed by atoms with van der Waals surface area (Å²) in [5.41, 5.74) is 0.898. The second-order valence-corrected chi connectivity index (χ2v) is 4.16. The van der Waals surface area contributed by atoms with Gasteiger partial charge in [0.15, 0.2) is 0 Å². The maximum Gasteiger partial charge on any atom is 0.318 e. The van der Waals surface area contributed by atoms with Gasteiger partial charge in [0.2, 0.25) is 0 Å². The monoisotopic (exact) mass is 242 g/mol. The number of carbonyl (C=O) groups is 1. The number of halogens is 2. The third-order valence-electron chi connectivity index (χ3n) is 2.25. The van der Waals surface area contributed by atoms with Crippen LogP contribution in [0.5, 0.6) is 0 Å². The second-order valence-electron chi connectivity index (χ2n) is 3.31. The molecule has 0 aliphatic carbocycles. The highest BCUT2D eigenvalue weighted by Gasteiger charge is 2.22. The zero-order chi connectivity index (χ0) is 10.8. The Kier molecular flexibility index (Phi) is 2.98. The summed E-state index contributed by atoms with van der Waals surface area (Å²) in [5, 5.41) is 1.17. The fourth-order valence-corrected chi connectivity index (χ4v) is 1.93. The fourth-order valence-electron chi connectivity index (χ4n) is 1.44. The van der Waals surface area contributed by atoms with Gasteiger partial charge in [-0.15, -0.1) is 0 Å². The van der Waals surface area contributed by atoms with E-state index in [1.165, 1.54) is 6.26 Å². The molecule has 1 unspecified atom stereocenters. The Morgan fingerprint density at radius 2 is 2.13 bits per heavy atom. The molecular weight excluding hydrogens is 235 g/mol. The zero-order valence-electron chi connectivity index (χ0n) is 7.74. The van der Waals surface area contributed by atoms with Gasteiger partial charge in [-0.05, 0) is 30.2 Å². The van der Waals surface area contributed by atoms with Crippen LogP contribution < -0.4 is 0 Å². The van der Waals surface area contributed by atoms with Crippen LogP contribution in [0.25, 0.3) is 0 Å². The summed E-state index contributed by atoms with van der Waals surface area (Å²) in [6, 6.07) is 5.25. The van der Waals surface area contributed by atoms with Crippen molar-refractivity contribution in [3.05, 3.63) is 46.1 Å². The lowest BCUT2D eigenvalue weighted by Gasteiger charge is -2.07. The van der Waals surface area contributed by atoms with Crippen LogP contribution in [0.3, 0.4) is 0 Å². The number of hydrogen-bond acceptors (Lipinski definition) is 2. The summed E-state index contributed by atoms with van der Waals surface area (Å²) in [4.78, 5) is 11.2. The molecule has 4 heteroatoms. The fraction of sp³-hybridized carbons (Fsp3) is 0.182. The molecule has 2 rings (SSSR count). The molecule has 0 bridgehead atoms. The topological polar surface area (TPSA) is 26.3 Å². The maximum absolute atomic E-state index is 11.2. The van der Waals surface area contributed by atoms with Crippen LogP contribution in [-0.2, 0) is 16.0 Å². The largest absolute Gasteiger partial charge is 0.434 e. The molecule has 0 aromatic heterocycles.